The second-order valence-electron chi connectivity index (χ2n) is 5.78. The Morgan fingerprint density at radius 2 is 1.92 bits per heavy atom. The van der Waals surface area contributed by atoms with Gasteiger partial charge in [0.2, 0.25) is 0 Å². The SMILES string of the molecule is CC(Cn1ccnc1)C(O)c1ccc(Oc2ccccc2Cl)cc1. The molecule has 1 heterocycles. The normalized spacial score (nSPS) is 13.5. The largest absolute Gasteiger partial charge is 0.456 e. The topological polar surface area (TPSA) is 47.3 Å². The summed E-state index contributed by atoms with van der Waals surface area (Å²) in [5.41, 5.74) is 0.856. The number of aliphatic hydroxyl groups excluding tert-OH is 1. The Bertz CT molecular complexity index is 772. The molecule has 0 bridgehead atoms. The Hall–Kier alpha value is -2.30. The van der Waals surface area contributed by atoms with Crippen LogP contribution < -0.4 is 4.74 Å². The Morgan fingerprint density at radius 1 is 1.17 bits per heavy atom. The predicted octanol–water partition coefficient (Wildman–Crippen LogP) is 4.70. The molecule has 0 radical (unpaired) electrons. The number of hydrogen-bond acceptors (Lipinski definition) is 3. The number of aromatic nitrogens is 2. The van der Waals surface area contributed by atoms with Crippen molar-refractivity contribution in [3.8, 4) is 11.5 Å². The maximum atomic E-state index is 10.5. The smallest absolute Gasteiger partial charge is 0.146 e. The number of benzene rings is 2. The van der Waals surface area contributed by atoms with Gasteiger partial charge in [-0.25, -0.2) is 4.98 Å². The first kappa shape index (κ1) is 16.6. The summed E-state index contributed by atoms with van der Waals surface area (Å²) in [7, 11) is 0. The van der Waals surface area contributed by atoms with Crippen LogP contribution in [0.2, 0.25) is 5.02 Å². The summed E-state index contributed by atoms with van der Waals surface area (Å²) in [6.07, 6.45) is 4.83. The molecule has 3 rings (SSSR count). The lowest BCUT2D eigenvalue weighted by Crippen LogP contribution is -2.15. The van der Waals surface area contributed by atoms with Gasteiger partial charge in [-0.3, -0.25) is 0 Å². The highest BCUT2D eigenvalue weighted by molar-refractivity contribution is 6.32. The fourth-order valence-corrected chi connectivity index (χ4v) is 2.72. The van der Waals surface area contributed by atoms with E-state index in [0.29, 0.717) is 23.1 Å². The van der Waals surface area contributed by atoms with E-state index in [0.717, 1.165) is 5.56 Å². The van der Waals surface area contributed by atoms with Crippen LogP contribution in [0.3, 0.4) is 0 Å². The molecule has 2 unspecified atom stereocenters. The Labute approximate surface area is 146 Å². The van der Waals surface area contributed by atoms with Crippen LogP contribution in [0.5, 0.6) is 11.5 Å². The van der Waals surface area contributed by atoms with E-state index in [4.69, 9.17) is 16.3 Å². The van der Waals surface area contributed by atoms with Crippen molar-refractivity contribution < 1.29 is 9.84 Å². The fourth-order valence-electron chi connectivity index (χ4n) is 2.54. The van der Waals surface area contributed by atoms with Crippen molar-refractivity contribution in [3.63, 3.8) is 0 Å². The maximum absolute atomic E-state index is 10.5. The van der Waals surface area contributed by atoms with Gasteiger partial charge in [-0.05, 0) is 29.8 Å². The van der Waals surface area contributed by atoms with E-state index >= 15 is 0 Å². The second-order valence-corrected chi connectivity index (χ2v) is 6.19. The van der Waals surface area contributed by atoms with E-state index in [-0.39, 0.29) is 5.92 Å². The van der Waals surface area contributed by atoms with Gasteiger partial charge in [0.05, 0.1) is 17.5 Å². The van der Waals surface area contributed by atoms with Crippen molar-refractivity contribution in [1.29, 1.82) is 0 Å². The molecular weight excluding hydrogens is 324 g/mol. The third-order valence-electron chi connectivity index (χ3n) is 3.88. The summed E-state index contributed by atoms with van der Waals surface area (Å²) in [5.74, 6) is 1.36. The molecule has 124 valence electrons. The van der Waals surface area contributed by atoms with E-state index in [2.05, 4.69) is 4.98 Å². The fraction of sp³-hybridized carbons (Fsp3) is 0.211. The highest BCUT2D eigenvalue weighted by Gasteiger charge is 2.17. The van der Waals surface area contributed by atoms with Crippen LogP contribution in [0.15, 0.2) is 67.3 Å². The molecule has 5 heteroatoms. The third-order valence-corrected chi connectivity index (χ3v) is 4.20. The van der Waals surface area contributed by atoms with Crippen LogP contribution in [0.1, 0.15) is 18.6 Å². The van der Waals surface area contributed by atoms with E-state index in [1.165, 1.54) is 0 Å². The molecule has 24 heavy (non-hydrogen) atoms. The maximum Gasteiger partial charge on any atom is 0.146 e. The van der Waals surface area contributed by atoms with Gasteiger partial charge in [-0.2, -0.15) is 0 Å². The standard InChI is InChI=1S/C19H19ClN2O2/c1-14(12-22-11-10-21-13-22)19(23)15-6-8-16(9-7-15)24-18-5-3-2-4-17(18)20/h2-11,13-14,19,23H,12H2,1H3. The lowest BCUT2D eigenvalue weighted by Gasteiger charge is -2.20. The highest BCUT2D eigenvalue weighted by atomic mass is 35.5. The Morgan fingerprint density at radius 3 is 2.58 bits per heavy atom. The molecule has 0 aliphatic carbocycles. The van der Waals surface area contributed by atoms with Crippen molar-refractivity contribution in [2.24, 2.45) is 5.92 Å². The molecule has 1 N–H and O–H groups in total. The number of ether oxygens (including phenoxy) is 1. The summed E-state index contributed by atoms with van der Waals surface area (Å²) in [6.45, 7) is 2.72. The molecule has 0 aliphatic heterocycles. The molecule has 2 aromatic carbocycles. The van der Waals surface area contributed by atoms with Crippen LogP contribution in [0.4, 0.5) is 0 Å². The van der Waals surface area contributed by atoms with Crippen molar-refractivity contribution in [2.75, 3.05) is 0 Å². The van der Waals surface area contributed by atoms with Gasteiger partial charge in [0.1, 0.15) is 11.5 Å². The van der Waals surface area contributed by atoms with E-state index in [1.54, 1.807) is 18.6 Å². The first-order valence-corrected chi connectivity index (χ1v) is 8.17. The number of imidazole rings is 1. The molecule has 0 amide bonds. The zero-order valence-corrected chi connectivity index (χ0v) is 14.1. The minimum absolute atomic E-state index is 0.0644. The zero-order chi connectivity index (χ0) is 16.9. The Kier molecular flexibility index (Phi) is 5.18. The van der Waals surface area contributed by atoms with Gasteiger partial charge >= 0.3 is 0 Å². The van der Waals surface area contributed by atoms with E-state index < -0.39 is 6.10 Å². The van der Waals surface area contributed by atoms with E-state index in [1.807, 2.05) is 60.2 Å². The van der Waals surface area contributed by atoms with Crippen molar-refractivity contribution >= 4 is 11.6 Å². The molecular formula is C19H19ClN2O2. The van der Waals surface area contributed by atoms with Gasteiger partial charge in [-0.15, -0.1) is 0 Å². The third kappa shape index (κ3) is 3.96. The minimum Gasteiger partial charge on any atom is -0.456 e. The summed E-state index contributed by atoms with van der Waals surface area (Å²) in [6, 6.07) is 14.8. The molecule has 2 atom stereocenters. The number of rotatable bonds is 6. The summed E-state index contributed by atoms with van der Waals surface area (Å²) in [5, 5.41) is 11.1. The van der Waals surface area contributed by atoms with Crippen molar-refractivity contribution in [1.82, 2.24) is 9.55 Å². The predicted molar refractivity (Wildman–Crippen MR) is 94.3 cm³/mol. The van der Waals surface area contributed by atoms with Gasteiger partial charge in [-0.1, -0.05) is 42.8 Å². The average Bonchev–Trinajstić information content (AvgIpc) is 3.10. The van der Waals surface area contributed by atoms with Gasteiger partial charge in [0.25, 0.3) is 0 Å². The molecule has 0 aliphatic rings. The monoisotopic (exact) mass is 342 g/mol. The second kappa shape index (κ2) is 7.51. The molecule has 1 aromatic heterocycles. The van der Waals surface area contributed by atoms with Crippen LogP contribution in [-0.2, 0) is 6.54 Å². The van der Waals surface area contributed by atoms with Crippen molar-refractivity contribution in [2.45, 2.75) is 19.6 Å². The summed E-state index contributed by atoms with van der Waals surface area (Å²) < 4.78 is 7.72. The number of hydrogen-bond donors (Lipinski definition) is 1. The molecule has 0 fully saturated rings. The molecule has 4 nitrogen and oxygen atoms in total. The number of halogens is 1. The van der Waals surface area contributed by atoms with Crippen molar-refractivity contribution in [3.05, 3.63) is 77.8 Å². The first-order chi connectivity index (χ1) is 11.6. The van der Waals surface area contributed by atoms with Crippen LogP contribution >= 0.6 is 11.6 Å². The van der Waals surface area contributed by atoms with Gasteiger partial charge < -0.3 is 14.4 Å². The van der Waals surface area contributed by atoms with Crippen LogP contribution in [-0.4, -0.2) is 14.7 Å². The first-order valence-electron chi connectivity index (χ1n) is 7.79. The minimum atomic E-state index is -0.554. The molecule has 0 saturated carbocycles. The quantitative estimate of drug-likeness (QED) is 0.706. The molecule has 0 spiro atoms. The number of nitrogens with zero attached hydrogens (tertiary/aromatic N) is 2. The lowest BCUT2D eigenvalue weighted by molar-refractivity contribution is 0.107. The molecule has 3 aromatic rings. The van der Waals surface area contributed by atoms with Gasteiger partial charge in [0, 0.05) is 24.9 Å². The molecule has 0 saturated heterocycles. The van der Waals surface area contributed by atoms with Crippen LogP contribution in [0, 0.1) is 5.92 Å². The number of para-hydroxylation sites is 1. The van der Waals surface area contributed by atoms with Gasteiger partial charge in [0.15, 0.2) is 0 Å². The van der Waals surface area contributed by atoms with E-state index in [9.17, 15) is 5.11 Å². The summed E-state index contributed by atoms with van der Waals surface area (Å²) in [4.78, 5) is 4.02. The lowest BCUT2D eigenvalue weighted by atomic mass is 9.97. The highest BCUT2D eigenvalue weighted by Crippen LogP contribution is 2.30. The Balaban J connectivity index is 1.66. The zero-order valence-electron chi connectivity index (χ0n) is 13.3. The average molecular weight is 343 g/mol. The number of aliphatic hydroxyl groups is 1. The van der Waals surface area contributed by atoms with Crippen LogP contribution in [0.25, 0.3) is 0 Å². The summed E-state index contributed by atoms with van der Waals surface area (Å²) >= 11 is 6.09.